The SMILES string of the molecule is Cn1cc(-c2cccc(CNc3ncnc(-n4cccn4)c3N)c2)cn1. The van der Waals surface area contributed by atoms with E-state index in [4.69, 9.17) is 5.73 Å². The van der Waals surface area contributed by atoms with Crippen molar-refractivity contribution < 1.29 is 0 Å². The molecule has 4 rings (SSSR count). The van der Waals surface area contributed by atoms with E-state index in [0.717, 1.165) is 16.7 Å². The maximum Gasteiger partial charge on any atom is 0.181 e. The van der Waals surface area contributed by atoms with E-state index in [0.29, 0.717) is 23.9 Å². The lowest BCUT2D eigenvalue weighted by atomic mass is 10.1. The molecule has 0 amide bonds. The Kier molecular flexibility index (Phi) is 4.06. The van der Waals surface area contributed by atoms with Gasteiger partial charge in [0, 0.05) is 37.7 Å². The standard InChI is InChI=1S/C18H18N8/c1-25-11-15(10-24-25)14-5-2-4-13(8-14)9-20-17-16(19)18(22-12-21-17)26-7-3-6-23-26/h2-8,10-12H,9,19H2,1H3,(H,20,21,22). The Morgan fingerprint density at radius 1 is 1.12 bits per heavy atom. The number of hydrogen-bond donors (Lipinski definition) is 2. The van der Waals surface area contributed by atoms with Gasteiger partial charge in [0.05, 0.1) is 6.20 Å². The molecule has 8 nitrogen and oxygen atoms in total. The molecule has 0 spiro atoms. The third kappa shape index (κ3) is 3.12. The van der Waals surface area contributed by atoms with Crippen molar-refractivity contribution in [3.8, 4) is 16.9 Å². The topological polar surface area (TPSA) is 99.5 Å². The Bertz CT molecular complexity index is 1020. The number of nitrogens with one attached hydrogen (secondary N) is 1. The second kappa shape index (κ2) is 6.67. The summed E-state index contributed by atoms with van der Waals surface area (Å²) in [6, 6.07) is 10.1. The monoisotopic (exact) mass is 346 g/mol. The molecule has 3 heterocycles. The third-order valence-electron chi connectivity index (χ3n) is 4.01. The number of aryl methyl sites for hydroxylation is 1. The molecule has 0 bridgehead atoms. The van der Waals surface area contributed by atoms with Crippen LogP contribution < -0.4 is 11.1 Å². The molecule has 0 unspecified atom stereocenters. The molecule has 0 fully saturated rings. The second-order valence-electron chi connectivity index (χ2n) is 5.87. The van der Waals surface area contributed by atoms with Gasteiger partial charge in [0.25, 0.3) is 0 Å². The fourth-order valence-corrected chi connectivity index (χ4v) is 2.72. The summed E-state index contributed by atoms with van der Waals surface area (Å²) in [6.07, 6.45) is 8.79. The summed E-state index contributed by atoms with van der Waals surface area (Å²) in [4.78, 5) is 8.45. The lowest BCUT2D eigenvalue weighted by Gasteiger charge is -2.11. The van der Waals surface area contributed by atoms with Crippen molar-refractivity contribution in [1.29, 1.82) is 0 Å². The maximum absolute atomic E-state index is 6.20. The molecule has 130 valence electrons. The highest BCUT2D eigenvalue weighted by molar-refractivity contribution is 5.69. The van der Waals surface area contributed by atoms with E-state index in [-0.39, 0.29) is 0 Å². The molecular weight excluding hydrogens is 328 g/mol. The van der Waals surface area contributed by atoms with Crippen molar-refractivity contribution in [1.82, 2.24) is 29.5 Å². The zero-order chi connectivity index (χ0) is 17.9. The summed E-state index contributed by atoms with van der Waals surface area (Å²) >= 11 is 0. The molecule has 0 atom stereocenters. The van der Waals surface area contributed by atoms with Crippen molar-refractivity contribution >= 4 is 11.5 Å². The molecule has 26 heavy (non-hydrogen) atoms. The highest BCUT2D eigenvalue weighted by atomic mass is 15.3. The molecule has 3 N–H and O–H groups in total. The van der Waals surface area contributed by atoms with E-state index in [2.05, 4.69) is 43.7 Å². The molecule has 0 saturated heterocycles. The Morgan fingerprint density at radius 2 is 2.04 bits per heavy atom. The quantitative estimate of drug-likeness (QED) is 0.575. The van der Waals surface area contributed by atoms with E-state index in [1.807, 2.05) is 31.6 Å². The lowest BCUT2D eigenvalue weighted by molar-refractivity contribution is 0.768. The predicted molar refractivity (Wildman–Crippen MR) is 99.5 cm³/mol. The van der Waals surface area contributed by atoms with Crippen LogP contribution in [-0.2, 0) is 13.6 Å². The van der Waals surface area contributed by atoms with Gasteiger partial charge in [-0.05, 0) is 23.3 Å². The van der Waals surface area contributed by atoms with Gasteiger partial charge in [-0.15, -0.1) is 0 Å². The minimum absolute atomic E-state index is 0.458. The Morgan fingerprint density at radius 3 is 2.81 bits per heavy atom. The van der Waals surface area contributed by atoms with Crippen LogP contribution in [0.1, 0.15) is 5.56 Å². The van der Waals surface area contributed by atoms with Crippen LogP contribution in [0, 0.1) is 0 Å². The fraction of sp³-hybridized carbons (Fsp3) is 0.111. The predicted octanol–water partition coefficient (Wildman–Crippen LogP) is 2.26. The zero-order valence-electron chi connectivity index (χ0n) is 14.2. The molecule has 8 heteroatoms. The van der Waals surface area contributed by atoms with Crippen molar-refractivity contribution in [2.75, 3.05) is 11.1 Å². The summed E-state index contributed by atoms with van der Waals surface area (Å²) in [7, 11) is 1.91. The van der Waals surface area contributed by atoms with Crippen molar-refractivity contribution in [2.45, 2.75) is 6.54 Å². The Hall–Kier alpha value is -3.68. The molecule has 1 aromatic carbocycles. The van der Waals surface area contributed by atoms with Crippen molar-refractivity contribution in [3.63, 3.8) is 0 Å². The van der Waals surface area contributed by atoms with Crippen LogP contribution in [-0.4, -0.2) is 29.5 Å². The maximum atomic E-state index is 6.20. The number of nitrogens with zero attached hydrogens (tertiary/aromatic N) is 6. The number of benzene rings is 1. The first kappa shape index (κ1) is 15.8. The fourth-order valence-electron chi connectivity index (χ4n) is 2.72. The van der Waals surface area contributed by atoms with Crippen molar-refractivity contribution in [2.24, 2.45) is 7.05 Å². The van der Waals surface area contributed by atoms with Crippen LogP contribution in [0.15, 0.2) is 61.4 Å². The Balaban J connectivity index is 1.54. The molecule has 0 aliphatic rings. The smallest absolute Gasteiger partial charge is 0.181 e. The van der Waals surface area contributed by atoms with Gasteiger partial charge in [-0.1, -0.05) is 18.2 Å². The minimum Gasteiger partial charge on any atom is -0.393 e. The van der Waals surface area contributed by atoms with Gasteiger partial charge >= 0.3 is 0 Å². The van der Waals surface area contributed by atoms with E-state index >= 15 is 0 Å². The molecule has 0 saturated carbocycles. The van der Waals surface area contributed by atoms with Crippen molar-refractivity contribution in [3.05, 3.63) is 67.0 Å². The number of nitrogen functional groups attached to an aromatic ring is 1. The summed E-state index contributed by atoms with van der Waals surface area (Å²) in [5, 5.41) is 11.7. The molecule has 0 aliphatic carbocycles. The van der Waals surface area contributed by atoms with Gasteiger partial charge in [-0.3, -0.25) is 4.68 Å². The average Bonchev–Trinajstić information content (AvgIpc) is 3.33. The van der Waals surface area contributed by atoms with E-state index in [1.165, 1.54) is 6.33 Å². The van der Waals surface area contributed by atoms with Gasteiger partial charge < -0.3 is 11.1 Å². The van der Waals surface area contributed by atoms with Gasteiger partial charge in [0.15, 0.2) is 11.6 Å². The summed E-state index contributed by atoms with van der Waals surface area (Å²) in [5.74, 6) is 1.13. The van der Waals surface area contributed by atoms with E-state index < -0.39 is 0 Å². The number of aromatic nitrogens is 6. The van der Waals surface area contributed by atoms with Gasteiger partial charge in [-0.25, -0.2) is 14.6 Å². The molecule has 0 radical (unpaired) electrons. The van der Waals surface area contributed by atoms with E-state index in [9.17, 15) is 0 Å². The van der Waals surface area contributed by atoms with Gasteiger partial charge in [-0.2, -0.15) is 10.2 Å². The van der Waals surface area contributed by atoms with Crippen LogP contribution in [0.4, 0.5) is 11.5 Å². The van der Waals surface area contributed by atoms with Crippen LogP contribution in [0.3, 0.4) is 0 Å². The molecular formula is C18H18N8. The normalized spacial score (nSPS) is 10.8. The summed E-state index contributed by atoms with van der Waals surface area (Å²) in [5.41, 5.74) is 9.97. The number of hydrogen-bond acceptors (Lipinski definition) is 6. The van der Waals surface area contributed by atoms with Crippen LogP contribution in [0.5, 0.6) is 0 Å². The van der Waals surface area contributed by atoms with Crippen LogP contribution in [0.2, 0.25) is 0 Å². The highest BCUT2D eigenvalue weighted by Crippen LogP contribution is 2.23. The average molecular weight is 346 g/mol. The number of rotatable bonds is 5. The first-order chi connectivity index (χ1) is 12.7. The molecule has 0 aliphatic heterocycles. The minimum atomic E-state index is 0.458. The highest BCUT2D eigenvalue weighted by Gasteiger charge is 2.10. The first-order valence-electron chi connectivity index (χ1n) is 8.13. The van der Waals surface area contributed by atoms with Crippen LogP contribution >= 0.6 is 0 Å². The lowest BCUT2D eigenvalue weighted by Crippen LogP contribution is -2.10. The third-order valence-corrected chi connectivity index (χ3v) is 4.01. The van der Waals surface area contributed by atoms with Crippen LogP contribution in [0.25, 0.3) is 16.9 Å². The summed E-state index contributed by atoms with van der Waals surface area (Å²) < 4.78 is 3.41. The second-order valence-corrected chi connectivity index (χ2v) is 5.87. The number of nitrogens with two attached hydrogens (primary N) is 1. The van der Waals surface area contributed by atoms with E-state index in [1.54, 1.807) is 21.8 Å². The first-order valence-corrected chi connectivity index (χ1v) is 8.13. The largest absolute Gasteiger partial charge is 0.393 e. The molecule has 3 aromatic heterocycles. The zero-order valence-corrected chi connectivity index (χ0v) is 14.2. The summed E-state index contributed by atoms with van der Waals surface area (Å²) in [6.45, 7) is 0.591. The molecule has 4 aromatic rings. The van der Waals surface area contributed by atoms with Gasteiger partial charge in [0.1, 0.15) is 12.0 Å². The van der Waals surface area contributed by atoms with Gasteiger partial charge in [0.2, 0.25) is 0 Å². The number of anilines is 2. The Labute approximate surface area is 150 Å².